The van der Waals surface area contributed by atoms with Crippen molar-refractivity contribution in [1.29, 1.82) is 0 Å². The lowest BCUT2D eigenvalue weighted by Crippen LogP contribution is -2.26. The van der Waals surface area contributed by atoms with Crippen LogP contribution in [0, 0.1) is 6.92 Å². The highest BCUT2D eigenvalue weighted by Crippen LogP contribution is 2.25. The number of carbonyl (C=O) groups excluding carboxylic acids is 1. The molecule has 0 saturated heterocycles. The molecule has 0 bridgehead atoms. The Labute approximate surface area is 177 Å². The number of nitrogens with one attached hydrogen (secondary N) is 1. The molecule has 3 rings (SSSR count). The van der Waals surface area contributed by atoms with Crippen molar-refractivity contribution in [3.63, 3.8) is 0 Å². The average molecular weight is 409 g/mol. The van der Waals surface area contributed by atoms with Crippen molar-refractivity contribution in [3.05, 3.63) is 89.5 Å². The monoisotopic (exact) mass is 408 g/mol. The minimum atomic E-state index is 0.403. The minimum Gasteiger partial charge on any atom is -0.489 e. The summed E-state index contributed by atoms with van der Waals surface area (Å²) in [7, 11) is 1.83. The van der Waals surface area contributed by atoms with Gasteiger partial charge in [0, 0.05) is 18.7 Å². The highest BCUT2D eigenvalue weighted by molar-refractivity contribution is 5.55. The third-order valence-electron chi connectivity index (χ3n) is 4.27. The molecule has 0 atom stereocenters. The van der Waals surface area contributed by atoms with Crippen molar-refractivity contribution in [2.75, 3.05) is 12.1 Å². The lowest BCUT2D eigenvalue weighted by atomic mass is 10.1. The number of benzene rings is 3. The van der Waals surface area contributed by atoms with Crippen molar-refractivity contribution in [3.8, 4) is 11.5 Å². The Hall–Kier alpha value is -3.55. The largest absolute Gasteiger partial charge is 0.489 e. The molecule has 1 amide bonds. The van der Waals surface area contributed by atoms with Gasteiger partial charge in [-0.25, -0.2) is 11.7 Å². The lowest BCUT2D eigenvalue weighted by molar-refractivity contribution is -0.109. The number of hydrazine groups is 2. The number of rotatable bonds is 8. The molecule has 0 heterocycles. The molecule has 0 aliphatic carbocycles. The fourth-order valence-electron chi connectivity index (χ4n) is 2.76. The average Bonchev–Trinajstić information content (AvgIpc) is 2.78. The SMILES string of the molecule is Cc1cccc(N(C)N)c1COc1cccc(OCc2ccccc2)c1.NNC=O. The van der Waals surface area contributed by atoms with Crippen LogP contribution in [0.3, 0.4) is 0 Å². The van der Waals surface area contributed by atoms with Crippen molar-refractivity contribution in [1.82, 2.24) is 5.43 Å². The molecule has 0 fully saturated rings. The third kappa shape index (κ3) is 7.12. The van der Waals surface area contributed by atoms with Gasteiger partial charge in [-0.15, -0.1) is 0 Å². The number of anilines is 1. The van der Waals surface area contributed by atoms with Gasteiger partial charge in [0.25, 0.3) is 0 Å². The number of nitrogens with two attached hydrogens (primary N) is 2. The molecular weight excluding hydrogens is 380 g/mol. The normalized spacial score (nSPS) is 9.73. The summed E-state index contributed by atoms with van der Waals surface area (Å²) < 4.78 is 11.9. The van der Waals surface area contributed by atoms with Gasteiger partial charge in [0.15, 0.2) is 0 Å². The van der Waals surface area contributed by atoms with Gasteiger partial charge in [0.05, 0.1) is 5.69 Å². The highest BCUT2D eigenvalue weighted by Gasteiger charge is 2.09. The van der Waals surface area contributed by atoms with Gasteiger partial charge in [0.2, 0.25) is 6.41 Å². The molecule has 7 nitrogen and oxygen atoms in total. The number of aryl methyl sites for hydroxylation is 1. The zero-order valence-corrected chi connectivity index (χ0v) is 17.2. The summed E-state index contributed by atoms with van der Waals surface area (Å²) in [5.74, 6) is 11.9. The van der Waals surface area contributed by atoms with Crippen LogP contribution in [0.4, 0.5) is 5.69 Å². The summed E-state index contributed by atoms with van der Waals surface area (Å²) in [6.45, 7) is 3.04. The molecular formula is C23H28N4O3. The van der Waals surface area contributed by atoms with Crippen LogP contribution in [0.25, 0.3) is 0 Å². The quantitative estimate of drug-likeness (QED) is 0.229. The second kappa shape index (κ2) is 12.1. The number of hydrogen-bond donors (Lipinski definition) is 3. The van der Waals surface area contributed by atoms with Gasteiger partial charge in [0.1, 0.15) is 24.7 Å². The van der Waals surface area contributed by atoms with Crippen LogP contribution < -0.4 is 31.6 Å². The molecule has 0 aliphatic rings. The standard InChI is InChI=1S/C22H24N2O2.CH4N2O/c1-17-8-6-13-22(24(2)23)21(17)16-26-20-12-7-11-19(14-20)25-15-18-9-4-3-5-10-18;2-3-1-4/h3-14H,15-16,23H2,1-2H3;1H,2H2,(H,3,4). The molecule has 7 heteroatoms. The summed E-state index contributed by atoms with van der Waals surface area (Å²) in [6.07, 6.45) is 0.403. The van der Waals surface area contributed by atoms with Crippen LogP contribution in [-0.4, -0.2) is 13.5 Å². The van der Waals surface area contributed by atoms with E-state index >= 15 is 0 Å². The fourth-order valence-corrected chi connectivity index (χ4v) is 2.76. The molecule has 158 valence electrons. The number of carbonyl (C=O) groups is 1. The van der Waals surface area contributed by atoms with Gasteiger partial charge >= 0.3 is 0 Å². The van der Waals surface area contributed by atoms with E-state index in [0.717, 1.165) is 33.9 Å². The molecule has 3 aromatic rings. The third-order valence-corrected chi connectivity index (χ3v) is 4.27. The van der Waals surface area contributed by atoms with Crippen LogP contribution in [-0.2, 0) is 18.0 Å². The Morgan fingerprint density at radius 1 is 0.933 bits per heavy atom. The second-order valence-corrected chi connectivity index (χ2v) is 6.51. The van der Waals surface area contributed by atoms with E-state index in [0.29, 0.717) is 19.6 Å². The van der Waals surface area contributed by atoms with Gasteiger partial charge in [-0.3, -0.25) is 10.2 Å². The first-order valence-corrected chi connectivity index (χ1v) is 9.41. The number of hydrogen-bond acceptors (Lipinski definition) is 6. The topological polar surface area (TPSA) is 103 Å². The predicted octanol–water partition coefficient (Wildman–Crippen LogP) is 3.07. The van der Waals surface area contributed by atoms with Gasteiger partial charge < -0.3 is 14.5 Å². The van der Waals surface area contributed by atoms with E-state index in [-0.39, 0.29) is 0 Å². The zero-order chi connectivity index (χ0) is 21.8. The van der Waals surface area contributed by atoms with Gasteiger partial charge in [-0.05, 0) is 36.2 Å². The molecule has 30 heavy (non-hydrogen) atoms. The van der Waals surface area contributed by atoms with Crippen molar-refractivity contribution >= 4 is 12.1 Å². The summed E-state index contributed by atoms with van der Waals surface area (Å²) >= 11 is 0. The number of ether oxygens (including phenoxy) is 2. The molecule has 3 aromatic carbocycles. The maximum absolute atomic E-state index is 8.94. The summed E-state index contributed by atoms with van der Waals surface area (Å²) in [4.78, 5) is 8.94. The summed E-state index contributed by atoms with van der Waals surface area (Å²) in [6, 6.07) is 23.9. The highest BCUT2D eigenvalue weighted by atomic mass is 16.5. The minimum absolute atomic E-state index is 0.403. The van der Waals surface area contributed by atoms with Gasteiger partial charge in [-0.1, -0.05) is 48.5 Å². The Bertz CT molecular complexity index is 917. The maximum Gasteiger partial charge on any atom is 0.221 e. The fraction of sp³-hybridized carbons (Fsp3) is 0.174. The van der Waals surface area contributed by atoms with Crippen LogP contribution in [0.5, 0.6) is 11.5 Å². The Balaban J connectivity index is 0.000000735. The van der Waals surface area contributed by atoms with Crippen molar-refractivity contribution in [2.45, 2.75) is 20.1 Å². The van der Waals surface area contributed by atoms with Crippen molar-refractivity contribution in [2.24, 2.45) is 11.7 Å². The molecule has 0 aromatic heterocycles. The zero-order valence-electron chi connectivity index (χ0n) is 17.2. The number of amides is 1. The maximum atomic E-state index is 8.94. The molecule has 0 radical (unpaired) electrons. The number of nitrogens with zero attached hydrogens (tertiary/aromatic N) is 1. The van der Waals surface area contributed by atoms with E-state index in [1.165, 1.54) is 0 Å². The Morgan fingerprint density at radius 2 is 1.53 bits per heavy atom. The smallest absolute Gasteiger partial charge is 0.221 e. The molecule has 0 spiro atoms. The van der Waals surface area contributed by atoms with E-state index in [9.17, 15) is 0 Å². The van der Waals surface area contributed by atoms with E-state index in [1.54, 1.807) is 10.4 Å². The van der Waals surface area contributed by atoms with Crippen LogP contribution in [0.15, 0.2) is 72.8 Å². The lowest BCUT2D eigenvalue weighted by Gasteiger charge is -2.19. The van der Waals surface area contributed by atoms with Crippen LogP contribution in [0.1, 0.15) is 16.7 Å². The second-order valence-electron chi connectivity index (χ2n) is 6.51. The summed E-state index contributed by atoms with van der Waals surface area (Å²) in [5, 5.41) is 1.62. The van der Waals surface area contributed by atoms with E-state index < -0.39 is 0 Å². The predicted molar refractivity (Wildman–Crippen MR) is 119 cm³/mol. The molecule has 5 N–H and O–H groups in total. The molecule has 0 saturated carbocycles. The van der Waals surface area contributed by atoms with E-state index in [1.807, 2.05) is 73.8 Å². The Morgan fingerprint density at radius 3 is 2.13 bits per heavy atom. The van der Waals surface area contributed by atoms with Gasteiger partial charge in [-0.2, -0.15) is 0 Å². The first-order chi connectivity index (χ1) is 14.5. The first kappa shape index (κ1) is 22.7. The van der Waals surface area contributed by atoms with E-state index in [2.05, 4.69) is 18.8 Å². The van der Waals surface area contributed by atoms with Crippen LogP contribution in [0.2, 0.25) is 0 Å². The Kier molecular flexibility index (Phi) is 9.18. The molecule has 0 unspecified atom stereocenters. The summed E-state index contributed by atoms with van der Waals surface area (Å²) in [5.41, 5.74) is 6.07. The first-order valence-electron chi connectivity index (χ1n) is 9.41. The molecule has 0 aliphatic heterocycles. The van der Waals surface area contributed by atoms with Crippen LogP contribution >= 0.6 is 0 Å². The van der Waals surface area contributed by atoms with E-state index in [4.69, 9.17) is 20.1 Å². The van der Waals surface area contributed by atoms with Crippen molar-refractivity contribution < 1.29 is 14.3 Å².